The summed E-state index contributed by atoms with van der Waals surface area (Å²) in [4.78, 5) is 49.1. The second kappa shape index (κ2) is 7.55. The van der Waals surface area contributed by atoms with Crippen molar-refractivity contribution >= 4 is 34.9 Å². The van der Waals surface area contributed by atoms with Crippen LogP contribution in [0.5, 0.6) is 0 Å². The zero-order valence-electron chi connectivity index (χ0n) is 14.6. The molecule has 28 heavy (non-hydrogen) atoms. The topological polar surface area (TPSA) is 92.8 Å². The van der Waals surface area contributed by atoms with E-state index in [0.717, 1.165) is 17.0 Å². The Bertz CT molecular complexity index is 992. The van der Waals surface area contributed by atoms with Crippen molar-refractivity contribution in [1.29, 1.82) is 0 Å². The molecule has 1 aliphatic rings. The van der Waals surface area contributed by atoms with Crippen LogP contribution in [0.15, 0.2) is 42.5 Å². The number of hydrogen-bond donors (Lipinski definition) is 1. The Morgan fingerprint density at radius 3 is 2.57 bits per heavy atom. The third-order valence-corrected chi connectivity index (χ3v) is 4.03. The molecule has 1 N–H and O–H groups in total. The molecule has 1 atom stereocenters. The number of ether oxygens (including phenoxy) is 1. The first kappa shape index (κ1) is 19.2. The van der Waals surface area contributed by atoms with Crippen molar-refractivity contribution in [3.05, 3.63) is 59.7 Å². The highest BCUT2D eigenvalue weighted by atomic mass is 19.1. The average Bonchev–Trinajstić information content (AvgIpc) is 2.89. The molecule has 2 aromatic carbocycles. The molecular formula is C19H14F2N2O5. The fourth-order valence-corrected chi connectivity index (χ4v) is 2.65. The predicted octanol–water partition coefficient (Wildman–Crippen LogP) is 2.06. The van der Waals surface area contributed by atoms with Gasteiger partial charge in [0.1, 0.15) is 18.2 Å². The normalized spacial score (nSPS) is 13.9. The summed E-state index contributed by atoms with van der Waals surface area (Å²) in [6.45, 7) is 0.684. The molecule has 0 saturated carbocycles. The number of anilines is 2. The summed E-state index contributed by atoms with van der Waals surface area (Å²) in [7, 11) is 0. The van der Waals surface area contributed by atoms with Gasteiger partial charge in [0, 0.05) is 6.07 Å². The Kier molecular flexibility index (Phi) is 5.16. The molecule has 3 rings (SSSR count). The van der Waals surface area contributed by atoms with Gasteiger partial charge in [-0.1, -0.05) is 12.1 Å². The van der Waals surface area contributed by atoms with E-state index in [4.69, 9.17) is 4.74 Å². The summed E-state index contributed by atoms with van der Waals surface area (Å²) in [5.74, 6) is -5.17. The zero-order valence-corrected chi connectivity index (χ0v) is 14.6. The Morgan fingerprint density at radius 1 is 1.14 bits per heavy atom. The van der Waals surface area contributed by atoms with E-state index in [0.29, 0.717) is 6.07 Å². The van der Waals surface area contributed by atoms with Gasteiger partial charge in [0.05, 0.1) is 16.9 Å². The van der Waals surface area contributed by atoms with Gasteiger partial charge >= 0.3 is 5.97 Å². The molecule has 7 nitrogen and oxygen atoms in total. The van der Waals surface area contributed by atoms with E-state index in [1.807, 2.05) is 0 Å². The highest BCUT2D eigenvalue weighted by molar-refractivity contribution is 6.52. The van der Waals surface area contributed by atoms with Gasteiger partial charge in [-0.15, -0.1) is 0 Å². The van der Waals surface area contributed by atoms with E-state index in [1.54, 1.807) is 12.1 Å². The maximum absolute atomic E-state index is 13.6. The molecule has 0 spiro atoms. The fourth-order valence-electron chi connectivity index (χ4n) is 2.65. The maximum Gasteiger partial charge on any atom is 0.326 e. The molecule has 1 aliphatic heterocycles. The molecule has 2 amide bonds. The molecule has 0 unspecified atom stereocenters. The van der Waals surface area contributed by atoms with E-state index in [2.05, 4.69) is 5.32 Å². The lowest BCUT2D eigenvalue weighted by Gasteiger charge is -2.18. The summed E-state index contributed by atoms with van der Waals surface area (Å²) in [5, 5.41) is 2.18. The van der Waals surface area contributed by atoms with Crippen LogP contribution in [0.1, 0.15) is 17.3 Å². The zero-order chi connectivity index (χ0) is 20.4. The minimum absolute atomic E-state index is 0.179. The van der Waals surface area contributed by atoms with Crippen LogP contribution in [-0.2, 0) is 19.1 Å². The first-order valence-electron chi connectivity index (χ1n) is 8.18. The lowest BCUT2D eigenvalue weighted by atomic mass is 10.1. The minimum atomic E-state index is -1.32. The van der Waals surface area contributed by atoms with Crippen molar-refractivity contribution in [2.24, 2.45) is 0 Å². The second-order valence-electron chi connectivity index (χ2n) is 5.98. The number of nitrogens with zero attached hydrogens (tertiary/aromatic N) is 1. The number of esters is 1. The molecule has 2 aromatic rings. The highest BCUT2D eigenvalue weighted by Gasteiger charge is 2.37. The number of hydrogen-bond acceptors (Lipinski definition) is 5. The van der Waals surface area contributed by atoms with Gasteiger partial charge in [-0.25, -0.2) is 8.78 Å². The summed E-state index contributed by atoms with van der Waals surface area (Å²) < 4.78 is 31.4. The highest BCUT2D eigenvalue weighted by Crippen LogP contribution is 2.28. The number of ketones is 1. The van der Waals surface area contributed by atoms with E-state index in [-0.39, 0.29) is 16.9 Å². The largest absolute Gasteiger partial charge is 0.451 e. The molecule has 1 heterocycles. The maximum atomic E-state index is 13.6. The van der Waals surface area contributed by atoms with Crippen LogP contribution in [0, 0.1) is 11.6 Å². The van der Waals surface area contributed by atoms with Crippen LogP contribution < -0.4 is 10.2 Å². The van der Waals surface area contributed by atoms with Gasteiger partial charge in [0.2, 0.25) is 0 Å². The van der Waals surface area contributed by atoms with Crippen LogP contribution in [0.3, 0.4) is 0 Å². The first-order valence-corrected chi connectivity index (χ1v) is 8.18. The summed E-state index contributed by atoms with van der Waals surface area (Å²) in [6, 6.07) is 8.77. The minimum Gasteiger partial charge on any atom is -0.451 e. The van der Waals surface area contributed by atoms with Crippen molar-refractivity contribution < 1.29 is 32.7 Å². The average molecular weight is 388 g/mol. The molecule has 0 aromatic heterocycles. The van der Waals surface area contributed by atoms with Gasteiger partial charge in [-0.2, -0.15) is 0 Å². The molecule has 0 fully saturated rings. The van der Waals surface area contributed by atoms with Crippen LogP contribution in [0.2, 0.25) is 0 Å². The van der Waals surface area contributed by atoms with Gasteiger partial charge < -0.3 is 10.1 Å². The third-order valence-electron chi connectivity index (χ3n) is 4.03. The fraction of sp³-hybridized carbons (Fsp3) is 0.158. The Balaban J connectivity index is 1.62. The lowest BCUT2D eigenvalue weighted by Crippen LogP contribution is -2.38. The van der Waals surface area contributed by atoms with Crippen molar-refractivity contribution in [2.45, 2.75) is 13.0 Å². The number of Topliss-reactive ketones (excluding diaryl/α,β-unsaturated/α-hetero) is 1. The third kappa shape index (κ3) is 3.73. The number of amides is 2. The number of para-hydroxylation sites is 1. The van der Waals surface area contributed by atoms with E-state index < -0.39 is 47.9 Å². The molecule has 0 aliphatic carbocycles. The molecule has 0 bridgehead atoms. The van der Waals surface area contributed by atoms with Crippen LogP contribution >= 0.6 is 0 Å². The summed E-state index contributed by atoms with van der Waals surface area (Å²) in [5.41, 5.74) is 0.182. The predicted molar refractivity (Wildman–Crippen MR) is 93.7 cm³/mol. The standard InChI is InChI=1S/C19H14F2N2O5/c1-10(18(26)22-14-7-6-11(20)8-13(14)21)28-16(24)9-23-15-5-3-2-4-12(15)17(25)19(23)27/h2-8,10H,9H2,1H3,(H,22,26)/t10-/m0/s1. The number of carbonyl (C=O) groups excluding carboxylic acids is 4. The van der Waals surface area contributed by atoms with Crippen LogP contribution in [-0.4, -0.2) is 36.2 Å². The Labute approximate surface area is 157 Å². The van der Waals surface area contributed by atoms with E-state index in [1.165, 1.54) is 19.1 Å². The summed E-state index contributed by atoms with van der Waals surface area (Å²) >= 11 is 0. The molecular weight excluding hydrogens is 374 g/mol. The second-order valence-corrected chi connectivity index (χ2v) is 5.98. The Hall–Kier alpha value is -3.62. The smallest absolute Gasteiger partial charge is 0.326 e. The first-order chi connectivity index (χ1) is 13.3. The number of rotatable bonds is 5. The number of carbonyl (C=O) groups is 4. The van der Waals surface area contributed by atoms with Crippen molar-refractivity contribution in [3.8, 4) is 0 Å². The van der Waals surface area contributed by atoms with Gasteiger partial charge in [0.15, 0.2) is 6.10 Å². The van der Waals surface area contributed by atoms with E-state index in [9.17, 15) is 28.0 Å². The molecule has 0 radical (unpaired) electrons. The monoisotopic (exact) mass is 388 g/mol. The lowest BCUT2D eigenvalue weighted by molar-refractivity contribution is -0.152. The number of halogens is 2. The van der Waals surface area contributed by atoms with Gasteiger partial charge in [0.25, 0.3) is 17.6 Å². The van der Waals surface area contributed by atoms with Crippen LogP contribution in [0.4, 0.5) is 20.2 Å². The quantitative estimate of drug-likeness (QED) is 0.625. The van der Waals surface area contributed by atoms with Crippen LogP contribution in [0.25, 0.3) is 0 Å². The van der Waals surface area contributed by atoms with Crippen molar-refractivity contribution in [2.75, 3.05) is 16.8 Å². The van der Waals surface area contributed by atoms with Gasteiger partial charge in [-0.3, -0.25) is 24.1 Å². The molecule has 9 heteroatoms. The molecule has 144 valence electrons. The van der Waals surface area contributed by atoms with Crippen molar-refractivity contribution in [1.82, 2.24) is 0 Å². The number of benzene rings is 2. The summed E-state index contributed by atoms with van der Waals surface area (Å²) in [6.07, 6.45) is -1.32. The van der Waals surface area contributed by atoms with E-state index >= 15 is 0 Å². The number of nitrogens with one attached hydrogen (secondary N) is 1. The molecule has 0 saturated heterocycles. The number of fused-ring (bicyclic) bond motifs is 1. The Morgan fingerprint density at radius 2 is 1.86 bits per heavy atom. The van der Waals surface area contributed by atoms with Crippen molar-refractivity contribution in [3.63, 3.8) is 0 Å². The van der Waals surface area contributed by atoms with Gasteiger partial charge in [-0.05, 0) is 31.2 Å². The SMILES string of the molecule is C[C@H](OC(=O)CN1C(=O)C(=O)c2ccccc21)C(=O)Nc1ccc(F)cc1F.